The number of nitrogens with one attached hydrogen (secondary N) is 1. The maximum atomic E-state index is 4.65. The minimum absolute atomic E-state index is 0.634. The highest BCUT2D eigenvalue weighted by Crippen LogP contribution is 2.02. The molecule has 5 heteroatoms. The molecule has 16 heavy (non-hydrogen) atoms. The summed E-state index contributed by atoms with van der Waals surface area (Å²) in [7, 11) is 0. The lowest BCUT2D eigenvalue weighted by Crippen LogP contribution is -2.13. The molecule has 2 heterocycles. The van der Waals surface area contributed by atoms with Gasteiger partial charge in [0.2, 0.25) is 6.39 Å². The van der Waals surface area contributed by atoms with Crippen LogP contribution >= 0.6 is 0 Å². The quantitative estimate of drug-likeness (QED) is 0.802. The van der Waals surface area contributed by atoms with Crippen LogP contribution in [0.25, 0.3) is 0 Å². The Balaban J connectivity index is 1.76. The monoisotopic (exact) mass is 220 g/mol. The van der Waals surface area contributed by atoms with Crippen molar-refractivity contribution in [2.75, 3.05) is 0 Å². The molecule has 0 amide bonds. The lowest BCUT2D eigenvalue weighted by molar-refractivity contribution is 0.407. The van der Waals surface area contributed by atoms with Gasteiger partial charge in [-0.25, -0.2) is 0 Å². The van der Waals surface area contributed by atoms with Crippen LogP contribution in [0.4, 0.5) is 0 Å². The second-order valence-corrected chi connectivity index (χ2v) is 3.71. The van der Waals surface area contributed by atoms with Crippen molar-refractivity contribution in [3.8, 4) is 0 Å². The number of aromatic nitrogens is 3. The summed E-state index contributed by atoms with van der Waals surface area (Å²) < 4.78 is 6.85. The van der Waals surface area contributed by atoms with Gasteiger partial charge >= 0.3 is 0 Å². The van der Waals surface area contributed by atoms with Gasteiger partial charge in [0.25, 0.3) is 0 Å². The third-order valence-corrected chi connectivity index (χ3v) is 2.31. The van der Waals surface area contributed by atoms with E-state index in [1.165, 1.54) is 12.0 Å². The normalized spacial score (nSPS) is 10.8. The van der Waals surface area contributed by atoms with Crippen LogP contribution in [-0.2, 0) is 19.6 Å². The molecule has 0 atom stereocenters. The Morgan fingerprint density at radius 3 is 3.12 bits per heavy atom. The number of aryl methyl sites for hydroxylation is 1. The van der Waals surface area contributed by atoms with Crippen molar-refractivity contribution >= 4 is 0 Å². The third-order valence-electron chi connectivity index (χ3n) is 2.31. The molecule has 2 aromatic heterocycles. The molecule has 0 radical (unpaired) electrons. The highest BCUT2D eigenvalue weighted by atomic mass is 16.5. The largest absolute Gasteiger partial charge is 0.354 e. The Kier molecular flexibility index (Phi) is 3.71. The van der Waals surface area contributed by atoms with Crippen LogP contribution in [0.15, 0.2) is 29.4 Å². The first-order valence-electron chi connectivity index (χ1n) is 5.49. The van der Waals surface area contributed by atoms with Gasteiger partial charge in [0.1, 0.15) is 0 Å². The summed E-state index contributed by atoms with van der Waals surface area (Å²) in [6.07, 6.45) is 6.76. The van der Waals surface area contributed by atoms with Crippen LogP contribution < -0.4 is 5.32 Å². The van der Waals surface area contributed by atoms with Gasteiger partial charge in [-0.3, -0.25) is 0 Å². The zero-order chi connectivity index (χ0) is 11.2. The molecule has 0 bridgehead atoms. The molecule has 0 fully saturated rings. The zero-order valence-corrected chi connectivity index (χ0v) is 9.39. The average Bonchev–Trinajstić information content (AvgIpc) is 2.90. The number of hydrogen-bond donors (Lipinski definition) is 1. The Hall–Kier alpha value is -1.62. The Bertz CT molecular complexity index is 407. The van der Waals surface area contributed by atoms with Gasteiger partial charge in [-0.2, -0.15) is 4.98 Å². The van der Waals surface area contributed by atoms with E-state index in [9.17, 15) is 0 Å². The molecule has 0 spiro atoms. The summed E-state index contributed by atoms with van der Waals surface area (Å²) in [6.45, 7) is 4.71. The lowest BCUT2D eigenvalue weighted by Gasteiger charge is -1.99. The predicted molar refractivity (Wildman–Crippen MR) is 59.6 cm³/mol. The number of rotatable bonds is 6. The molecule has 2 aromatic rings. The SMILES string of the molecule is CCCn1ccc(CNCc2ncon2)c1. The first-order valence-corrected chi connectivity index (χ1v) is 5.49. The molecule has 5 nitrogen and oxygen atoms in total. The van der Waals surface area contributed by atoms with Crippen molar-refractivity contribution < 1.29 is 4.52 Å². The van der Waals surface area contributed by atoms with Crippen molar-refractivity contribution in [1.82, 2.24) is 20.0 Å². The smallest absolute Gasteiger partial charge is 0.213 e. The van der Waals surface area contributed by atoms with Crippen molar-refractivity contribution in [3.05, 3.63) is 36.2 Å². The molecule has 0 aliphatic carbocycles. The summed E-state index contributed by atoms with van der Waals surface area (Å²) in [5.41, 5.74) is 1.27. The molecule has 0 saturated carbocycles. The van der Waals surface area contributed by atoms with E-state index in [1.54, 1.807) is 0 Å². The van der Waals surface area contributed by atoms with E-state index < -0.39 is 0 Å². The molecule has 0 aliphatic heterocycles. The third kappa shape index (κ3) is 2.93. The second-order valence-electron chi connectivity index (χ2n) is 3.71. The fourth-order valence-corrected chi connectivity index (χ4v) is 1.58. The van der Waals surface area contributed by atoms with Crippen molar-refractivity contribution in [2.45, 2.75) is 33.0 Å². The van der Waals surface area contributed by atoms with Crippen LogP contribution in [-0.4, -0.2) is 14.7 Å². The minimum atomic E-state index is 0.634. The van der Waals surface area contributed by atoms with E-state index in [1.807, 2.05) is 0 Å². The fourth-order valence-electron chi connectivity index (χ4n) is 1.58. The standard InChI is InChI=1S/C11H16N4O/c1-2-4-15-5-3-10(8-15)6-12-7-11-13-9-16-14-11/h3,5,8-9,12H,2,4,6-7H2,1H3. The second kappa shape index (κ2) is 5.46. The fraction of sp³-hybridized carbons (Fsp3) is 0.455. The maximum Gasteiger partial charge on any atom is 0.213 e. The van der Waals surface area contributed by atoms with Gasteiger partial charge < -0.3 is 14.4 Å². The molecule has 0 aliphatic rings. The van der Waals surface area contributed by atoms with E-state index >= 15 is 0 Å². The molecule has 2 rings (SSSR count). The van der Waals surface area contributed by atoms with Gasteiger partial charge in [-0.05, 0) is 18.1 Å². The van der Waals surface area contributed by atoms with Crippen LogP contribution in [0.5, 0.6) is 0 Å². The van der Waals surface area contributed by atoms with Crippen LogP contribution in [0.3, 0.4) is 0 Å². The summed E-state index contributed by atoms with van der Waals surface area (Å²) in [5, 5.41) is 6.99. The minimum Gasteiger partial charge on any atom is -0.354 e. The first-order chi connectivity index (χ1) is 7.88. The molecular formula is C11H16N4O. The Labute approximate surface area is 94.5 Å². The number of hydrogen-bond acceptors (Lipinski definition) is 4. The maximum absolute atomic E-state index is 4.65. The molecular weight excluding hydrogens is 204 g/mol. The molecule has 1 N–H and O–H groups in total. The molecule has 86 valence electrons. The molecule has 0 unspecified atom stereocenters. The van der Waals surface area contributed by atoms with Crippen molar-refractivity contribution in [3.63, 3.8) is 0 Å². The van der Waals surface area contributed by atoms with E-state index in [2.05, 4.69) is 49.9 Å². The van der Waals surface area contributed by atoms with Gasteiger partial charge in [0.15, 0.2) is 5.82 Å². The zero-order valence-electron chi connectivity index (χ0n) is 9.39. The van der Waals surface area contributed by atoms with E-state index in [0.717, 1.165) is 19.5 Å². The lowest BCUT2D eigenvalue weighted by atomic mass is 10.3. The topological polar surface area (TPSA) is 55.9 Å². The van der Waals surface area contributed by atoms with E-state index in [4.69, 9.17) is 0 Å². The summed E-state index contributed by atoms with van der Waals surface area (Å²) in [6, 6.07) is 2.12. The van der Waals surface area contributed by atoms with Gasteiger partial charge in [0, 0.05) is 25.5 Å². The van der Waals surface area contributed by atoms with Crippen LogP contribution in [0, 0.1) is 0 Å². The molecule has 0 aromatic carbocycles. The summed E-state index contributed by atoms with van der Waals surface area (Å²) in [5.74, 6) is 0.688. The highest BCUT2D eigenvalue weighted by Gasteiger charge is 1.99. The van der Waals surface area contributed by atoms with E-state index in [0.29, 0.717) is 12.4 Å². The summed E-state index contributed by atoms with van der Waals surface area (Å²) in [4.78, 5) is 3.94. The predicted octanol–water partition coefficient (Wildman–Crippen LogP) is 1.57. The average molecular weight is 220 g/mol. The van der Waals surface area contributed by atoms with E-state index in [-0.39, 0.29) is 0 Å². The van der Waals surface area contributed by atoms with Crippen molar-refractivity contribution in [2.24, 2.45) is 0 Å². The Morgan fingerprint density at radius 1 is 1.44 bits per heavy atom. The van der Waals surface area contributed by atoms with Gasteiger partial charge in [-0.1, -0.05) is 12.1 Å². The first kappa shape index (κ1) is 10.9. The van der Waals surface area contributed by atoms with Crippen LogP contribution in [0.2, 0.25) is 0 Å². The van der Waals surface area contributed by atoms with Crippen LogP contribution in [0.1, 0.15) is 24.7 Å². The van der Waals surface area contributed by atoms with Crippen molar-refractivity contribution in [1.29, 1.82) is 0 Å². The Morgan fingerprint density at radius 2 is 2.38 bits per heavy atom. The number of nitrogens with zero attached hydrogens (tertiary/aromatic N) is 3. The van der Waals surface area contributed by atoms with Gasteiger partial charge in [-0.15, -0.1) is 0 Å². The van der Waals surface area contributed by atoms with Gasteiger partial charge in [0.05, 0.1) is 6.54 Å². The molecule has 0 saturated heterocycles. The highest BCUT2D eigenvalue weighted by molar-refractivity contribution is 5.09. The summed E-state index contributed by atoms with van der Waals surface area (Å²) >= 11 is 0.